The summed E-state index contributed by atoms with van der Waals surface area (Å²) < 4.78 is 1.32. The Morgan fingerprint density at radius 2 is 2.25 bits per heavy atom. The first-order valence-corrected chi connectivity index (χ1v) is 4.73. The number of fused-ring (bicyclic) bond motifs is 1. The van der Waals surface area contributed by atoms with Crippen LogP contribution in [0.5, 0.6) is 0 Å². The summed E-state index contributed by atoms with van der Waals surface area (Å²) >= 11 is 1.75. The van der Waals surface area contributed by atoms with E-state index in [1.54, 1.807) is 11.3 Å². The minimum absolute atomic E-state index is 1.16. The lowest BCUT2D eigenvalue weighted by molar-refractivity contribution is 1.12. The van der Waals surface area contributed by atoms with Gasteiger partial charge in [0.05, 0.1) is 6.20 Å². The highest BCUT2D eigenvalue weighted by Gasteiger charge is 1.99. The van der Waals surface area contributed by atoms with Crippen LogP contribution in [-0.2, 0) is 0 Å². The highest BCUT2D eigenvalue weighted by Crippen LogP contribution is 2.07. The second kappa shape index (κ2) is 2.75. The molecule has 2 heterocycles. The van der Waals surface area contributed by atoms with Gasteiger partial charge in [-0.1, -0.05) is 12.2 Å². The Balaban J connectivity index is 3.09. The molecule has 0 atom stereocenters. The van der Waals surface area contributed by atoms with E-state index >= 15 is 0 Å². The van der Waals surface area contributed by atoms with E-state index < -0.39 is 0 Å². The largest absolute Gasteiger partial charge is 0.268 e. The number of aromatic amines is 1. The summed E-state index contributed by atoms with van der Waals surface area (Å²) in [5.41, 5.74) is 0. The fraction of sp³-hybridized carbons (Fsp3) is 0.222. The van der Waals surface area contributed by atoms with Gasteiger partial charge in [-0.3, -0.25) is 5.10 Å². The van der Waals surface area contributed by atoms with Gasteiger partial charge in [0, 0.05) is 9.92 Å². The van der Waals surface area contributed by atoms with Crippen molar-refractivity contribution in [3.05, 3.63) is 15.9 Å². The second-order valence-corrected chi connectivity index (χ2v) is 3.62. The van der Waals surface area contributed by atoms with E-state index in [9.17, 15) is 0 Å². The van der Waals surface area contributed by atoms with Crippen LogP contribution in [0.1, 0.15) is 13.8 Å². The third-order valence-electron chi connectivity index (χ3n) is 1.92. The van der Waals surface area contributed by atoms with Crippen LogP contribution in [0, 0.1) is 0 Å². The summed E-state index contributed by atoms with van der Waals surface area (Å²) in [6, 6.07) is 0. The van der Waals surface area contributed by atoms with E-state index in [1.807, 2.05) is 6.20 Å². The van der Waals surface area contributed by atoms with Crippen LogP contribution in [0.25, 0.3) is 22.4 Å². The maximum absolute atomic E-state index is 4.00. The van der Waals surface area contributed by atoms with Crippen LogP contribution in [0.4, 0.5) is 0 Å². The van der Waals surface area contributed by atoms with Crippen LogP contribution >= 0.6 is 11.3 Å². The molecule has 0 aromatic carbocycles. The van der Waals surface area contributed by atoms with Crippen LogP contribution in [-0.4, -0.2) is 10.2 Å². The van der Waals surface area contributed by atoms with Gasteiger partial charge in [0.25, 0.3) is 0 Å². The molecule has 0 aliphatic carbocycles. The van der Waals surface area contributed by atoms with E-state index in [0.717, 1.165) is 4.83 Å². The standard InChI is InChI=1S/C9H10N2S/c1-3-6-7-5-10-11-9(7)12-8(6)4-2/h3-5H,1-2H3,(H,10,11)/b6-3-,8-4+. The third-order valence-corrected chi connectivity index (χ3v) is 3.11. The Kier molecular flexibility index (Phi) is 1.73. The number of aromatic nitrogens is 2. The van der Waals surface area contributed by atoms with Crippen LogP contribution in [0.3, 0.4) is 0 Å². The van der Waals surface area contributed by atoms with Crippen molar-refractivity contribution in [3.8, 4) is 0 Å². The van der Waals surface area contributed by atoms with Gasteiger partial charge in [0.2, 0.25) is 0 Å². The van der Waals surface area contributed by atoms with Crippen molar-refractivity contribution in [3.63, 3.8) is 0 Å². The molecule has 0 radical (unpaired) electrons. The highest BCUT2D eigenvalue weighted by molar-refractivity contribution is 7.16. The molecule has 2 aromatic rings. The Morgan fingerprint density at radius 3 is 2.92 bits per heavy atom. The quantitative estimate of drug-likeness (QED) is 0.645. The normalized spacial score (nSPS) is 14.8. The Labute approximate surface area is 74.2 Å². The lowest BCUT2D eigenvalue weighted by Crippen LogP contribution is -2.16. The molecular weight excluding hydrogens is 168 g/mol. The molecule has 0 unspecified atom stereocenters. The number of rotatable bonds is 0. The zero-order valence-electron chi connectivity index (χ0n) is 7.09. The van der Waals surface area contributed by atoms with E-state index in [1.165, 1.54) is 15.1 Å². The van der Waals surface area contributed by atoms with Gasteiger partial charge in [-0.05, 0) is 19.1 Å². The van der Waals surface area contributed by atoms with Crippen molar-refractivity contribution < 1.29 is 0 Å². The molecule has 0 saturated heterocycles. The monoisotopic (exact) mass is 178 g/mol. The van der Waals surface area contributed by atoms with Gasteiger partial charge in [-0.25, -0.2) is 0 Å². The van der Waals surface area contributed by atoms with Gasteiger partial charge < -0.3 is 0 Å². The molecule has 3 heteroatoms. The first kappa shape index (κ1) is 7.55. The molecule has 0 saturated carbocycles. The number of H-pyrrole nitrogens is 1. The molecule has 0 amide bonds. The van der Waals surface area contributed by atoms with Gasteiger partial charge >= 0.3 is 0 Å². The van der Waals surface area contributed by atoms with Crippen molar-refractivity contribution >= 4 is 33.7 Å². The minimum atomic E-state index is 1.16. The molecule has 0 fully saturated rings. The molecule has 0 spiro atoms. The molecule has 12 heavy (non-hydrogen) atoms. The molecule has 2 nitrogen and oxygen atoms in total. The van der Waals surface area contributed by atoms with Crippen LogP contribution in [0.15, 0.2) is 6.20 Å². The summed E-state index contributed by atoms with van der Waals surface area (Å²) in [6.07, 6.45) is 6.14. The second-order valence-electron chi connectivity index (χ2n) is 2.57. The lowest BCUT2D eigenvalue weighted by atomic mass is 10.3. The number of nitrogens with zero attached hydrogens (tertiary/aromatic N) is 1. The van der Waals surface area contributed by atoms with Crippen molar-refractivity contribution in [1.82, 2.24) is 10.2 Å². The maximum Gasteiger partial charge on any atom is 0.119 e. The van der Waals surface area contributed by atoms with E-state index in [2.05, 4.69) is 36.2 Å². The predicted molar refractivity (Wildman–Crippen MR) is 53.5 cm³/mol. The molecule has 2 rings (SSSR count). The van der Waals surface area contributed by atoms with Gasteiger partial charge in [0.1, 0.15) is 4.83 Å². The zero-order chi connectivity index (χ0) is 8.55. The average Bonchev–Trinajstić information content (AvgIpc) is 2.61. The number of nitrogens with one attached hydrogen (secondary N) is 1. The van der Waals surface area contributed by atoms with Gasteiger partial charge in [0.15, 0.2) is 0 Å². The number of hydrogen-bond acceptors (Lipinski definition) is 2. The first-order chi connectivity index (χ1) is 5.86. The van der Waals surface area contributed by atoms with Crippen molar-refractivity contribution in [2.24, 2.45) is 0 Å². The molecule has 0 aliphatic heterocycles. The zero-order valence-corrected chi connectivity index (χ0v) is 7.90. The van der Waals surface area contributed by atoms with Crippen molar-refractivity contribution in [2.45, 2.75) is 13.8 Å². The van der Waals surface area contributed by atoms with Crippen LogP contribution in [0.2, 0.25) is 0 Å². The topological polar surface area (TPSA) is 28.7 Å². The molecule has 1 N–H and O–H groups in total. The van der Waals surface area contributed by atoms with Gasteiger partial charge in [-0.15, -0.1) is 11.3 Å². The van der Waals surface area contributed by atoms with Gasteiger partial charge in [-0.2, -0.15) is 5.10 Å². The van der Waals surface area contributed by atoms with Crippen LogP contribution < -0.4 is 9.75 Å². The third kappa shape index (κ3) is 0.898. The highest BCUT2D eigenvalue weighted by atomic mass is 32.1. The summed E-state index contributed by atoms with van der Waals surface area (Å²) in [4.78, 5) is 1.16. The number of hydrogen-bond donors (Lipinski definition) is 1. The van der Waals surface area contributed by atoms with E-state index in [-0.39, 0.29) is 0 Å². The molecule has 62 valence electrons. The minimum Gasteiger partial charge on any atom is -0.268 e. The summed E-state index contributed by atoms with van der Waals surface area (Å²) in [7, 11) is 0. The lowest BCUT2D eigenvalue weighted by Gasteiger charge is -1.74. The smallest absolute Gasteiger partial charge is 0.119 e. The van der Waals surface area contributed by atoms with E-state index in [4.69, 9.17) is 0 Å². The molecule has 2 aromatic heterocycles. The Hall–Kier alpha value is -1.09. The fourth-order valence-corrected chi connectivity index (χ4v) is 2.40. The molecule has 0 bridgehead atoms. The summed E-state index contributed by atoms with van der Waals surface area (Å²) in [5, 5.41) is 9.50. The Morgan fingerprint density at radius 1 is 1.42 bits per heavy atom. The first-order valence-electron chi connectivity index (χ1n) is 3.91. The Bertz CT molecular complexity index is 504. The summed E-state index contributed by atoms with van der Waals surface area (Å²) in [5.74, 6) is 0. The van der Waals surface area contributed by atoms with Crippen molar-refractivity contribution in [2.75, 3.05) is 0 Å². The SMILES string of the molecule is C/C=c1\c(=C/C)sc2[nH]ncc12. The van der Waals surface area contributed by atoms with Crippen molar-refractivity contribution in [1.29, 1.82) is 0 Å². The maximum atomic E-state index is 4.00. The van der Waals surface area contributed by atoms with E-state index in [0.29, 0.717) is 0 Å². The average molecular weight is 178 g/mol. The summed E-state index contributed by atoms with van der Waals surface area (Å²) in [6.45, 7) is 4.12. The molecule has 0 aliphatic rings. The molecular formula is C9H10N2S. The predicted octanol–water partition coefficient (Wildman–Crippen LogP) is 1.23. The number of thiophene rings is 1. The fourth-order valence-electron chi connectivity index (χ4n) is 1.35.